The number of rotatable bonds is 4. The Bertz CT molecular complexity index is 991. The van der Waals surface area contributed by atoms with E-state index in [9.17, 15) is 4.79 Å². The molecule has 3 aromatic rings. The summed E-state index contributed by atoms with van der Waals surface area (Å²) in [5, 5.41) is 1.63. The lowest BCUT2D eigenvalue weighted by molar-refractivity contribution is 0.414. The predicted molar refractivity (Wildman–Crippen MR) is 104 cm³/mol. The zero-order chi connectivity index (χ0) is 17.4. The number of fused-ring (bicyclic) bond motifs is 3. The molecule has 1 aliphatic rings. The molecule has 130 valence electrons. The Labute approximate surface area is 154 Å². The molecular formula is C19H20N2O2S2. The van der Waals surface area contributed by atoms with Gasteiger partial charge in [0.1, 0.15) is 10.6 Å². The minimum atomic E-state index is 0.0949. The second kappa shape index (κ2) is 6.84. The highest BCUT2D eigenvalue weighted by molar-refractivity contribution is 7.98. The minimum absolute atomic E-state index is 0.0949. The van der Waals surface area contributed by atoms with Gasteiger partial charge in [0.25, 0.3) is 5.56 Å². The summed E-state index contributed by atoms with van der Waals surface area (Å²) in [7, 11) is 3.50. The SMILES string of the molecule is COc1cccc(CSc2nc3sc4c(c3c(=O)n2C)CCCC4)c1. The number of methoxy groups -OCH3 is 1. The zero-order valence-electron chi connectivity index (χ0n) is 14.4. The summed E-state index contributed by atoms with van der Waals surface area (Å²) in [6.45, 7) is 0. The molecule has 0 bridgehead atoms. The fraction of sp³-hybridized carbons (Fsp3) is 0.368. The Balaban J connectivity index is 1.68. The number of thioether (sulfide) groups is 1. The van der Waals surface area contributed by atoms with Crippen LogP contribution >= 0.6 is 23.1 Å². The van der Waals surface area contributed by atoms with Crippen LogP contribution in [0.5, 0.6) is 5.75 Å². The molecule has 1 aliphatic carbocycles. The van der Waals surface area contributed by atoms with E-state index in [0.717, 1.165) is 45.3 Å². The van der Waals surface area contributed by atoms with E-state index >= 15 is 0 Å². The first-order chi connectivity index (χ1) is 12.2. The van der Waals surface area contributed by atoms with Crippen molar-refractivity contribution in [3.63, 3.8) is 0 Å². The lowest BCUT2D eigenvalue weighted by Crippen LogP contribution is -2.20. The third-order valence-corrected chi connectivity index (χ3v) is 6.94. The van der Waals surface area contributed by atoms with Crippen molar-refractivity contribution in [1.82, 2.24) is 9.55 Å². The third kappa shape index (κ3) is 3.09. The molecule has 6 heteroatoms. The molecule has 2 heterocycles. The van der Waals surface area contributed by atoms with Crippen LogP contribution in [0, 0.1) is 0 Å². The molecule has 4 rings (SSSR count). The van der Waals surface area contributed by atoms with E-state index < -0.39 is 0 Å². The van der Waals surface area contributed by atoms with Gasteiger partial charge in [0.2, 0.25) is 0 Å². The highest BCUT2D eigenvalue weighted by Crippen LogP contribution is 2.34. The van der Waals surface area contributed by atoms with Crippen molar-refractivity contribution >= 4 is 33.3 Å². The van der Waals surface area contributed by atoms with Crippen LogP contribution in [0.3, 0.4) is 0 Å². The average molecular weight is 373 g/mol. The second-order valence-electron chi connectivity index (χ2n) is 6.29. The molecule has 0 amide bonds. The van der Waals surface area contributed by atoms with E-state index in [2.05, 4.69) is 6.07 Å². The molecule has 2 aromatic heterocycles. The number of thiophene rings is 1. The van der Waals surface area contributed by atoms with Crippen molar-refractivity contribution in [3.05, 3.63) is 50.6 Å². The van der Waals surface area contributed by atoms with Crippen LogP contribution in [0.1, 0.15) is 28.8 Å². The van der Waals surface area contributed by atoms with Crippen LogP contribution in [0.15, 0.2) is 34.2 Å². The molecule has 0 unspecified atom stereocenters. The Morgan fingerprint density at radius 1 is 1.32 bits per heavy atom. The summed E-state index contributed by atoms with van der Waals surface area (Å²) in [5.41, 5.74) is 2.51. The van der Waals surface area contributed by atoms with Crippen molar-refractivity contribution in [2.24, 2.45) is 7.05 Å². The molecule has 0 fully saturated rings. The number of aromatic nitrogens is 2. The first-order valence-electron chi connectivity index (χ1n) is 8.44. The molecule has 0 N–H and O–H groups in total. The van der Waals surface area contributed by atoms with Gasteiger partial charge in [-0.2, -0.15) is 0 Å². The van der Waals surface area contributed by atoms with Gasteiger partial charge >= 0.3 is 0 Å². The lowest BCUT2D eigenvalue weighted by atomic mass is 9.97. The van der Waals surface area contributed by atoms with Crippen molar-refractivity contribution in [2.45, 2.75) is 36.6 Å². The Morgan fingerprint density at radius 2 is 2.16 bits per heavy atom. The van der Waals surface area contributed by atoms with Gasteiger partial charge < -0.3 is 4.74 Å². The number of hydrogen-bond acceptors (Lipinski definition) is 5. The topological polar surface area (TPSA) is 44.1 Å². The maximum absolute atomic E-state index is 12.9. The smallest absolute Gasteiger partial charge is 0.262 e. The first kappa shape index (κ1) is 16.7. The zero-order valence-corrected chi connectivity index (χ0v) is 16.0. The monoisotopic (exact) mass is 372 g/mol. The van der Waals surface area contributed by atoms with Gasteiger partial charge in [-0.05, 0) is 48.9 Å². The van der Waals surface area contributed by atoms with Gasteiger partial charge in [0.15, 0.2) is 5.16 Å². The van der Waals surface area contributed by atoms with Crippen molar-refractivity contribution < 1.29 is 4.74 Å². The molecule has 4 nitrogen and oxygen atoms in total. The highest BCUT2D eigenvalue weighted by Gasteiger charge is 2.21. The van der Waals surface area contributed by atoms with Gasteiger partial charge in [-0.25, -0.2) is 4.98 Å². The summed E-state index contributed by atoms with van der Waals surface area (Å²) in [6.07, 6.45) is 4.50. The van der Waals surface area contributed by atoms with Gasteiger partial charge in [-0.3, -0.25) is 9.36 Å². The molecule has 0 radical (unpaired) electrons. The fourth-order valence-electron chi connectivity index (χ4n) is 3.31. The molecule has 0 saturated heterocycles. The molecule has 1 aromatic carbocycles. The summed E-state index contributed by atoms with van der Waals surface area (Å²) in [5.74, 6) is 1.61. The van der Waals surface area contributed by atoms with E-state index in [1.807, 2.05) is 25.2 Å². The molecule has 0 aliphatic heterocycles. The van der Waals surface area contributed by atoms with E-state index in [1.165, 1.54) is 23.3 Å². The van der Waals surface area contributed by atoms with Gasteiger partial charge in [0.05, 0.1) is 12.5 Å². The lowest BCUT2D eigenvalue weighted by Gasteiger charge is -2.11. The first-order valence-corrected chi connectivity index (χ1v) is 10.2. The molecule has 25 heavy (non-hydrogen) atoms. The van der Waals surface area contributed by atoms with Crippen LogP contribution in [0.25, 0.3) is 10.2 Å². The summed E-state index contributed by atoms with van der Waals surface area (Å²) in [6, 6.07) is 8.01. The second-order valence-corrected chi connectivity index (χ2v) is 8.32. The summed E-state index contributed by atoms with van der Waals surface area (Å²) in [4.78, 5) is 20.0. The molecule has 0 spiro atoms. The van der Waals surface area contributed by atoms with E-state index in [1.54, 1.807) is 34.8 Å². The quantitative estimate of drug-likeness (QED) is 0.509. The molecular weight excluding hydrogens is 352 g/mol. The third-order valence-electron chi connectivity index (χ3n) is 4.66. The number of nitrogens with zero attached hydrogens (tertiary/aromatic N) is 2. The average Bonchev–Trinajstić information content (AvgIpc) is 3.02. The number of aryl methyl sites for hydroxylation is 2. The highest BCUT2D eigenvalue weighted by atomic mass is 32.2. The number of hydrogen-bond donors (Lipinski definition) is 0. The van der Waals surface area contributed by atoms with Crippen molar-refractivity contribution in [2.75, 3.05) is 7.11 Å². The van der Waals surface area contributed by atoms with Crippen LogP contribution in [0.4, 0.5) is 0 Å². The largest absolute Gasteiger partial charge is 0.497 e. The van der Waals surface area contributed by atoms with Crippen molar-refractivity contribution in [3.8, 4) is 5.75 Å². The van der Waals surface area contributed by atoms with Gasteiger partial charge in [0, 0.05) is 17.7 Å². The van der Waals surface area contributed by atoms with Crippen LogP contribution in [-0.4, -0.2) is 16.7 Å². The number of benzene rings is 1. The molecule has 0 atom stereocenters. The van der Waals surface area contributed by atoms with Crippen LogP contribution in [-0.2, 0) is 25.6 Å². The molecule has 0 saturated carbocycles. The fourth-order valence-corrected chi connectivity index (χ4v) is 5.52. The van der Waals surface area contributed by atoms with Gasteiger partial charge in [-0.15, -0.1) is 11.3 Å². The van der Waals surface area contributed by atoms with E-state index in [0.29, 0.717) is 0 Å². The van der Waals surface area contributed by atoms with E-state index in [-0.39, 0.29) is 5.56 Å². The Hall–Kier alpha value is -1.79. The standard InChI is InChI=1S/C19H20N2O2S2/c1-21-18(22)16-14-8-3-4-9-15(14)25-17(16)20-19(21)24-11-12-6-5-7-13(10-12)23-2/h5-7,10H,3-4,8-9,11H2,1-2H3. The van der Waals surface area contributed by atoms with Gasteiger partial charge in [-0.1, -0.05) is 23.9 Å². The summed E-state index contributed by atoms with van der Waals surface area (Å²) < 4.78 is 6.98. The maximum Gasteiger partial charge on any atom is 0.262 e. The maximum atomic E-state index is 12.9. The summed E-state index contributed by atoms with van der Waals surface area (Å²) >= 11 is 3.30. The Kier molecular flexibility index (Phi) is 4.56. The normalized spacial score (nSPS) is 13.8. The van der Waals surface area contributed by atoms with Crippen LogP contribution < -0.4 is 10.3 Å². The minimum Gasteiger partial charge on any atom is -0.497 e. The van der Waals surface area contributed by atoms with Crippen LogP contribution in [0.2, 0.25) is 0 Å². The predicted octanol–water partition coefficient (Wildman–Crippen LogP) is 4.17. The van der Waals surface area contributed by atoms with Crippen molar-refractivity contribution in [1.29, 1.82) is 0 Å². The number of ether oxygens (including phenoxy) is 1. The Morgan fingerprint density at radius 3 is 3.00 bits per heavy atom. The van der Waals surface area contributed by atoms with E-state index in [4.69, 9.17) is 9.72 Å².